The van der Waals surface area contributed by atoms with E-state index in [1.165, 1.54) is 0 Å². The van der Waals surface area contributed by atoms with Crippen molar-refractivity contribution in [3.8, 4) is 0 Å². The molecule has 2 saturated heterocycles. The van der Waals surface area contributed by atoms with E-state index in [1.54, 1.807) is 0 Å². The summed E-state index contributed by atoms with van der Waals surface area (Å²) in [5.41, 5.74) is 1.58. The number of amides is 1. The molecule has 5 rings (SSSR count). The summed E-state index contributed by atoms with van der Waals surface area (Å²) in [6.07, 6.45) is 9.95. The molecule has 1 amide bonds. The monoisotopic (exact) mass is 398 g/mol. The molecule has 1 atom stereocenters. The molecule has 3 aliphatic heterocycles. The van der Waals surface area contributed by atoms with E-state index >= 15 is 0 Å². The Balaban J connectivity index is 1.31. The van der Waals surface area contributed by atoms with Gasteiger partial charge in [-0.2, -0.15) is 0 Å². The van der Waals surface area contributed by atoms with Crippen molar-refractivity contribution < 1.29 is 14.3 Å². The van der Waals surface area contributed by atoms with E-state index in [4.69, 9.17) is 9.72 Å². The van der Waals surface area contributed by atoms with Crippen molar-refractivity contribution in [1.82, 2.24) is 20.2 Å². The first-order chi connectivity index (χ1) is 14.1. The molecule has 1 aromatic rings. The standard InChI is InChI=1S/C22H30N4O3/c27-19-12-17(22(29-19)7-2-1-3-8-22)21(28)26-11-6-18-16(14-26)13-24-20(25-18)15-4-9-23-10-5-15/h13,15,17,23H,1-12,14H2/t17-/m1/s1. The minimum atomic E-state index is -0.554. The average Bonchev–Trinajstić information content (AvgIpc) is 3.08. The van der Waals surface area contributed by atoms with Gasteiger partial charge in [0.25, 0.3) is 0 Å². The van der Waals surface area contributed by atoms with Crippen LogP contribution in [0.15, 0.2) is 6.20 Å². The van der Waals surface area contributed by atoms with E-state index < -0.39 is 5.60 Å². The topological polar surface area (TPSA) is 84.4 Å². The van der Waals surface area contributed by atoms with Crippen LogP contribution in [0.3, 0.4) is 0 Å². The summed E-state index contributed by atoms with van der Waals surface area (Å²) in [6, 6.07) is 0. The van der Waals surface area contributed by atoms with Crippen LogP contribution in [0.2, 0.25) is 0 Å². The fourth-order valence-corrected chi connectivity index (χ4v) is 5.62. The van der Waals surface area contributed by atoms with Gasteiger partial charge in [0.15, 0.2) is 0 Å². The van der Waals surface area contributed by atoms with Gasteiger partial charge in [0.2, 0.25) is 5.91 Å². The van der Waals surface area contributed by atoms with Crippen molar-refractivity contribution in [2.24, 2.45) is 5.92 Å². The Morgan fingerprint density at radius 1 is 1.21 bits per heavy atom. The number of nitrogens with zero attached hydrogens (tertiary/aromatic N) is 3. The van der Waals surface area contributed by atoms with Gasteiger partial charge in [-0.25, -0.2) is 9.97 Å². The van der Waals surface area contributed by atoms with E-state index in [2.05, 4.69) is 10.3 Å². The molecular weight excluding hydrogens is 368 g/mol. The van der Waals surface area contributed by atoms with Gasteiger partial charge in [0.1, 0.15) is 11.4 Å². The van der Waals surface area contributed by atoms with Crippen LogP contribution in [0.25, 0.3) is 0 Å². The summed E-state index contributed by atoms with van der Waals surface area (Å²) in [7, 11) is 0. The van der Waals surface area contributed by atoms with Gasteiger partial charge in [0, 0.05) is 37.2 Å². The summed E-state index contributed by atoms with van der Waals surface area (Å²) < 4.78 is 5.75. The SMILES string of the molecule is O=C1C[C@H](C(=O)N2CCc3nc(C4CCNCC4)ncc3C2)C2(CCCCC2)O1. The normalized spacial score (nSPS) is 27.0. The molecule has 3 fully saturated rings. The van der Waals surface area contributed by atoms with Crippen molar-refractivity contribution in [3.05, 3.63) is 23.3 Å². The van der Waals surface area contributed by atoms with E-state index in [1.807, 2.05) is 11.1 Å². The Labute approximate surface area is 171 Å². The summed E-state index contributed by atoms with van der Waals surface area (Å²) in [4.78, 5) is 36.9. The first-order valence-electron chi connectivity index (χ1n) is 11.2. The maximum Gasteiger partial charge on any atom is 0.307 e. The predicted molar refractivity (Wildman–Crippen MR) is 106 cm³/mol. The highest BCUT2D eigenvalue weighted by molar-refractivity contribution is 5.88. The van der Waals surface area contributed by atoms with Crippen LogP contribution < -0.4 is 5.32 Å². The molecule has 4 aliphatic rings. The van der Waals surface area contributed by atoms with Crippen LogP contribution in [0, 0.1) is 5.92 Å². The zero-order valence-electron chi connectivity index (χ0n) is 17.0. The molecule has 156 valence electrons. The quantitative estimate of drug-likeness (QED) is 0.768. The number of rotatable bonds is 2. The molecule has 1 spiro atoms. The summed E-state index contributed by atoms with van der Waals surface area (Å²) >= 11 is 0. The lowest BCUT2D eigenvalue weighted by Crippen LogP contribution is -2.48. The zero-order valence-corrected chi connectivity index (χ0v) is 17.0. The molecule has 7 nitrogen and oxygen atoms in total. The number of aromatic nitrogens is 2. The molecule has 0 unspecified atom stereocenters. The van der Waals surface area contributed by atoms with Crippen molar-refractivity contribution in [1.29, 1.82) is 0 Å². The molecular formula is C22H30N4O3. The van der Waals surface area contributed by atoms with Crippen molar-refractivity contribution in [3.63, 3.8) is 0 Å². The Hall–Kier alpha value is -2.02. The van der Waals surface area contributed by atoms with Gasteiger partial charge in [-0.15, -0.1) is 0 Å². The minimum absolute atomic E-state index is 0.0748. The Morgan fingerprint density at radius 3 is 2.79 bits per heavy atom. The smallest absolute Gasteiger partial charge is 0.307 e. The molecule has 0 radical (unpaired) electrons. The summed E-state index contributed by atoms with van der Waals surface area (Å²) in [6.45, 7) is 3.26. The van der Waals surface area contributed by atoms with E-state index in [0.29, 0.717) is 19.0 Å². The number of carbonyl (C=O) groups is 2. The van der Waals surface area contributed by atoms with Crippen LogP contribution in [-0.2, 0) is 27.3 Å². The molecule has 7 heteroatoms. The molecule has 0 bridgehead atoms. The van der Waals surface area contributed by atoms with Gasteiger partial charge < -0.3 is 15.0 Å². The predicted octanol–water partition coefficient (Wildman–Crippen LogP) is 2.09. The third kappa shape index (κ3) is 3.54. The van der Waals surface area contributed by atoms with Crippen molar-refractivity contribution in [2.75, 3.05) is 19.6 Å². The molecule has 1 aromatic heterocycles. The maximum absolute atomic E-state index is 13.4. The van der Waals surface area contributed by atoms with E-state index in [0.717, 1.165) is 81.5 Å². The second kappa shape index (κ2) is 7.67. The summed E-state index contributed by atoms with van der Waals surface area (Å²) in [5, 5.41) is 3.39. The fraction of sp³-hybridized carbons (Fsp3) is 0.727. The van der Waals surface area contributed by atoms with Crippen LogP contribution >= 0.6 is 0 Å². The molecule has 1 N–H and O–H groups in total. The minimum Gasteiger partial charge on any atom is -0.458 e. The molecule has 0 aromatic carbocycles. The Morgan fingerprint density at radius 2 is 2.00 bits per heavy atom. The average molecular weight is 399 g/mol. The third-order valence-corrected chi connectivity index (χ3v) is 7.29. The highest BCUT2D eigenvalue weighted by atomic mass is 16.6. The number of fused-ring (bicyclic) bond motifs is 1. The largest absolute Gasteiger partial charge is 0.458 e. The number of esters is 1. The number of hydrogen-bond donors (Lipinski definition) is 1. The number of carbonyl (C=O) groups excluding carboxylic acids is 2. The van der Waals surface area contributed by atoms with Crippen molar-refractivity contribution in [2.45, 2.75) is 75.9 Å². The molecule has 4 heterocycles. The highest BCUT2D eigenvalue weighted by Gasteiger charge is 2.54. The first-order valence-corrected chi connectivity index (χ1v) is 11.2. The lowest BCUT2D eigenvalue weighted by molar-refractivity contribution is -0.156. The third-order valence-electron chi connectivity index (χ3n) is 7.29. The van der Waals surface area contributed by atoms with Crippen LogP contribution in [-0.4, -0.2) is 52.0 Å². The molecule has 1 saturated carbocycles. The van der Waals surface area contributed by atoms with E-state index in [9.17, 15) is 9.59 Å². The zero-order chi connectivity index (χ0) is 19.8. The van der Waals surface area contributed by atoms with Crippen LogP contribution in [0.5, 0.6) is 0 Å². The van der Waals surface area contributed by atoms with Gasteiger partial charge in [-0.05, 0) is 51.6 Å². The second-order valence-electron chi connectivity index (χ2n) is 9.09. The Kier molecular flexibility index (Phi) is 5.02. The molecule has 29 heavy (non-hydrogen) atoms. The fourth-order valence-electron chi connectivity index (χ4n) is 5.62. The Bertz CT molecular complexity index is 799. The second-order valence-corrected chi connectivity index (χ2v) is 9.09. The molecule has 1 aliphatic carbocycles. The van der Waals surface area contributed by atoms with E-state index in [-0.39, 0.29) is 24.2 Å². The number of nitrogens with one attached hydrogen (secondary N) is 1. The van der Waals surface area contributed by atoms with Crippen LogP contribution in [0.4, 0.5) is 0 Å². The van der Waals surface area contributed by atoms with Gasteiger partial charge in [-0.1, -0.05) is 6.42 Å². The number of ether oxygens (including phenoxy) is 1. The maximum atomic E-state index is 13.4. The van der Waals surface area contributed by atoms with Gasteiger partial charge in [0.05, 0.1) is 18.0 Å². The lowest BCUT2D eigenvalue weighted by Gasteiger charge is -2.39. The number of piperidine rings is 1. The first kappa shape index (κ1) is 19.0. The van der Waals surface area contributed by atoms with Crippen LogP contribution in [0.1, 0.15) is 74.4 Å². The van der Waals surface area contributed by atoms with Gasteiger partial charge >= 0.3 is 5.97 Å². The van der Waals surface area contributed by atoms with Gasteiger partial charge in [-0.3, -0.25) is 9.59 Å². The lowest BCUT2D eigenvalue weighted by atomic mass is 9.75. The highest BCUT2D eigenvalue weighted by Crippen LogP contribution is 2.45. The number of hydrogen-bond acceptors (Lipinski definition) is 6. The van der Waals surface area contributed by atoms with Crippen molar-refractivity contribution >= 4 is 11.9 Å². The summed E-state index contributed by atoms with van der Waals surface area (Å²) in [5.74, 6) is 0.935.